The molecular formula is C15H21NOS. The molecule has 0 saturated heterocycles. The zero-order chi connectivity index (χ0) is 12.4. The van der Waals surface area contributed by atoms with E-state index in [2.05, 4.69) is 35.8 Å². The molecule has 0 bridgehead atoms. The minimum atomic E-state index is 0.375. The molecule has 1 aliphatic heterocycles. The van der Waals surface area contributed by atoms with Gasteiger partial charge in [-0.05, 0) is 30.2 Å². The summed E-state index contributed by atoms with van der Waals surface area (Å²) in [6.45, 7) is 2.68. The van der Waals surface area contributed by atoms with E-state index >= 15 is 0 Å². The predicted molar refractivity (Wildman–Crippen MR) is 76.9 cm³/mol. The first kappa shape index (κ1) is 12.5. The van der Waals surface area contributed by atoms with Crippen molar-refractivity contribution in [1.29, 1.82) is 0 Å². The highest BCUT2D eigenvalue weighted by atomic mass is 32.2. The molecule has 0 radical (unpaired) electrons. The molecule has 1 fully saturated rings. The van der Waals surface area contributed by atoms with Crippen LogP contribution in [0.4, 0.5) is 0 Å². The molecule has 1 aliphatic carbocycles. The lowest BCUT2D eigenvalue weighted by Gasteiger charge is -2.42. The Kier molecular flexibility index (Phi) is 3.64. The summed E-state index contributed by atoms with van der Waals surface area (Å²) >= 11 is 2.03. The lowest BCUT2D eigenvalue weighted by atomic mass is 9.83. The van der Waals surface area contributed by atoms with Gasteiger partial charge >= 0.3 is 0 Å². The number of ether oxygens (including phenoxy) is 1. The summed E-state index contributed by atoms with van der Waals surface area (Å²) in [6.07, 6.45) is 6.35. The van der Waals surface area contributed by atoms with Crippen LogP contribution in [-0.2, 0) is 11.3 Å². The van der Waals surface area contributed by atoms with Crippen LogP contribution >= 0.6 is 11.8 Å². The second kappa shape index (κ2) is 5.24. The maximum atomic E-state index is 5.69. The van der Waals surface area contributed by atoms with Crippen LogP contribution < -0.4 is 5.32 Å². The van der Waals surface area contributed by atoms with Gasteiger partial charge in [0.05, 0.1) is 19.3 Å². The van der Waals surface area contributed by atoms with E-state index in [1.54, 1.807) is 0 Å². The molecule has 1 unspecified atom stereocenters. The zero-order valence-corrected chi connectivity index (χ0v) is 11.8. The van der Waals surface area contributed by atoms with E-state index in [1.165, 1.54) is 30.4 Å². The summed E-state index contributed by atoms with van der Waals surface area (Å²) in [5, 5.41) is 3.73. The molecule has 1 aromatic carbocycles. The van der Waals surface area contributed by atoms with Crippen LogP contribution in [0.1, 0.15) is 36.4 Å². The van der Waals surface area contributed by atoms with Crippen molar-refractivity contribution in [3.05, 3.63) is 35.4 Å². The average Bonchev–Trinajstić information content (AvgIpc) is 2.38. The lowest BCUT2D eigenvalue weighted by molar-refractivity contribution is 0.0802. The number of hydrogen-bond acceptors (Lipinski definition) is 3. The van der Waals surface area contributed by atoms with Gasteiger partial charge in [-0.3, -0.25) is 0 Å². The molecule has 2 nitrogen and oxygen atoms in total. The van der Waals surface area contributed by atoms with E-state index in [1.807, 2.05) is 11.8 Å². The number of hydrogen-bond donors (Lipinski definition) is 1. The molecule has 1 atom stereocenters. The van der Waals surface area contributed by atoms with E-state index in [-0.39, 0.29) is 0 Å². The summed E-state index contributed by atoms with van der Waals surface area (Å²) in [5.41, 5.74) is 2.77. The van der Waals surface area contributed by atoms with E-state index < -0.39 is 0 Å². The zero-order valence-electron chi connectivity index (χ0n) is 10.9. The highest BCUT2D eigenvalue weighted by Gasteiger charge is 2.36. The van der Waals surface area contributed by atoms with E-state index in [0.717, 1.165) is 19.8 Å². The molecular weight excluding hydrogens is 242 g/mol. The Morgan fingerprint density at radius 3 is 2.94 bits per heavy atom. The molecule has 0 aromatic heterocycles. The summed E-state index contributed by atoms with van der Waals surface area (Å²) < 4.78 is 6.18. The maximum Gasteiger partial charge on any atom is 0.0721 e. The fourth-order valence-corrected chi connectivity index (χ4v) is 3.81. The SMILES string of the molecule is CSC1(CNC2COCc3ccccc32)CCC1. The summed E-state index contributed by atoms with van der Waals surface area (Å²) in [6, 6.07) is 9.02. The quantitative estimate of drug-likeness (QED) is 0.902. The summed E-state index contributed by atoms with van der Waals surface area (Å²) in [7, 11) is 0. The fourth-order valence-electron chi connectivity index (χ4n) is 2.88. The molecule has 3 heteroatoms. The highest BCUT2D eigenvalue weighted by Crippen LogP contribution is 2.42. The first-order valence-corrected chi connectivity index (χ1v) is 8.00. The summed E-state index contributed by atoms with van der Waals surface area (Å²) in [4.78, 5) is 0. The van der Waals surface area contributed by atoms with Gasteiger partial charge in [-0.1, -0.05) is 30.7 Å². The van der Waals surface area contributed by atoms with Gasteiger partial charge in [0, 0.05) is 11.3 Å². The van der Waals surface area contributed by atoms with Crippen molar-refractivity contribution < 1.29 is 4.74 Å². The molecule has 18 heavy (non-hydrogen) atoms. The number of benzene rings is 1. The van der Waals surface area contributed by atoms with Crippen LogP contribution in [0.2, 0.25) is 0 Å². The Morgan fingerprint density at radius 1 is 1.39 bits per heavy atom. The third-order valence-electron chi connectivity index (χ3n) is 4.34. The molecule has 0 spiro atoms. The molecule has 1 heterocycles. The van der Waals surface area contributed by atoms with Gasteiger partial charge in [0.15, 0.2) is 0 Å². The molecule has 1 aromatic rings. The predicted octanol–water partition coefficient (Wildman–Crippen LogP) is 3.13. The average molecular weight is 263 g/mol. The number of thioether (sulfide) groups is 1. The van der Waals surface area contributed by atoms with Crippen LogP contribution in [0.15, 0.2) is 24.3 Å². The normalized spacial score (nSPS) is 25.3. The van der Waals surface area contributed by atoms with Gasteiger partial charge in [0.25, 0.3) is 0 Å². The maximum absolute atomic E-state index is 5.69. The van der Waals surface area contributed by atoms with Gasteiger partial charge < -0.3 is 10.1 Å². The second-order valence-corrected chi connectivity index (χ2v) is 6.66. The largest absolute Gasteiger partial charge is 0.375 e. The molecule has 2 aliphatic rings. The van der Waals surface area contributed by atoms with Gasteiger partial charge in [-0.2, -0.15) is 11.8 Å². The smallest absolute Gasteiger partial charge is 0.0721 e. The molecule has 1 N–H and O–H groups in total. The summed E-state index contributed by atoms with van der Waals surface area (Å²) in [5.74, 6) is 0. The Bertz CT molecular complexity index is 411. The number of fused-ring (bicyclic) bond motifs is 1. The Hall–Kier alpha value is -0.510. The van der Waals surface area contributed by atoms with Crippen molar-refractivity contribution >= 4 is 11.8 Å². The Morgan fingerprint density at radius 2 is 2.22 bits per heavy atom. The molecule has 1 saturated carbocycles. The van der Waals surface area contributed by atoms with Crippen molar-refractivity contribution in [2.45, 2.75) is 36.7 Å². The molecule has 98 valence electrons. The van der Waals surface area contributed by atoms with Gasteiger partial charge in [-0.25, -0.2) is 0 Å². The van der Waals surface area contributed by atoms with Crippen molar-refractivity contribution in [3.63, 3.8) is 0 Å². The van der Waals surface area contributed by atoms with Crippen LogP contribution in [0.3, 0.4) is 0 Å². The molecule has 3 rings (SSSR count). The van der Waals surface area contributed by atoms with Crippen LogP contribution in [0.5, 0.6) is 0 Å². The van der Waals surface area contributed by atoms with Crippen molar-refractivity contribution in [1.82, 2.24) is 5.32 Å². The fraction of sp³-hybridized carbons (Fsp3) is 0.600. The standard InChI is InChI=1S/C15H21NOS/c1-18-15(7-4-8-15)11-16-14-10-17-9-12-5-2-3-6-13(12)14/h2-3,5-6,14,16H,4,7-11H2,1H3. The third-order valence-corrected chi connectivity index (χ3v) is 5.76. The molecule has 0 amide bonds. The van der Waals surface area contributed by atoms with Crippen LogP contribution in [0, 0.1) is 0 Å². The topological polar surface area (TPSA) is 21.3 Å². The number of nitrogens with one attached hydrogen (secondary N) is 1. The first-order chi connectivity index (χ1) is 8.83. The van der Waals surface area contributed by atoms with Gasteiger partial charge in [0.2, 0.25) is 0 Å². The van der Waals surface area contributed by atoms with Crippen molar-refractivity contribution in [2.75, 3.05) is 19.4 Å². The monoisotopic (exact) mass is 263 g/mol. The second-order valence-electron chi connectivity index (χ2n) is 5.39. The van der Waals surface area contributed by atoms with Crippen LogP contribution in [0.25, 0.3) is 0 Å². The van der Waals surface area contributed by atoms with Crippen molar-refractivity contribution in [2.24, 2.45) is 0 Å². The lowest BCUT2D eigenvalue weighted by Crippen LogP contribution is -2.45. The van der Waals surface area contributed by atoms with Crippen LogP contribution in [-0.4, -0.2) is 24.2 Å². The van der Waals surface area contributed by atoms with E-state index in [9.17, 15) is 0 Å². The van der Waals surface area contributed by atoms with Crippen molar-refractivity contribution in [3.8, 4) is 0 Å². The minimum Gasteiger partial charge on any atom is -0.375 e. The van der Waals surface area contributed by atoms with E-state index in [0.29, 0.717) is 10.8 Å². The van der Waals surface area contributed by atoms with Gasteiger partial charge in [-0.15, -0.1) is 0 Å². The first-order valence-electron chi connectivity index (χ1n) is 6.77. The van der Waals surface area contributed by atoms with Gasteiger partial charge in [0.1, 0.15) is 0 Å². The highest BCUT2D eigenvalue weighted by molar-refractivity contribution is 8.00. The van der Waals surface area contributed by atoms with E-state index in [4.69, 9.17) is 4.74 Å². The Labute approximate surface area is 113 Å². The minimum absolute atomic E-state index is 0.375. The number of rotatable bonds is 4. The Balaban J connectivity index is 1.67. The third kappa shape index (κ3) is 2.31.